The summed E-state index contributed by atoms with van der Waals surface area (Å²) in [5, 5.41) is 5.99. The first kappa shape index (κ1) is 17.5. The SMILES string of the molecule is CC(C)CNc1nc(N)c(C(=O)NCCCC(F)(F)F)s1. The minimum absolute atomic E-state index is 0.0512. The molecule has 1 heterocycles. The van der Waals surface area contributed by atoms with Crippen LogP contribution in [-0.2, 0) is 0 Å². The number of aromatic nitrogens is 1. The van der Waals surface area contributed by atoms with Gasteiger partial charge in [-0.3, -0.25) is 4.79 Å². The van der Waals surface area contributed by atoms with Crippen molar-refractivity contribution < 1.29 is 18.0 Å². The first-order valence-electron chi connectivity index (χ1n) is 6.54. The third kappa shape index (κ3) is 6.65. The zero-order valence-electron chi connectivity index (χ0n) is 11.9. The lowest BCUT2D eigenvalue weighted by Crippen LogP contribution is -2.25. The predicted molar refractivity (Wildman–Crippen MR) is 77.5 cm³/mol. The van der Waals surface area contributed by atoms with E-state index in [-0.39, 0.29) is 23.7 Å². The van der Waals surface area contributed by atoms with Gasteiger partial charge in [0.1, 0.15) is 10.7 Å². The van der Waals surface area contributed by atoms with Gasteiger partial charge in [0.15, 0.2) is 5.13 Å². The van der Waals surface area contributed by atoms with Crippen molar-refractivity contribution in [1.29, 1.82) is 0 Å². The van der Waals surface area contributed by atoms with Gasteiger partial charge in [-0.2, -0.15) is 13.2 Å². The Labute approximate surface area is 125 Å². The molecule has 120 valence electrons. The molecule has 0 radical (unpaired) electrons. The van der Waals surface area contributed by atoms with Crippen LogP contribution >= 0.6 is 11.3 Å². The number of alkyl halides is 3. The van der Waals surface area contributed by atoms with Crippen molar-refractivity contribution in [2.24, 2.45) is 5.92 Å². The van der Waals surface area contributed by atoms with Crippen LogP contribution in [0, 0.1) is 5.92 Å². The normalized spacial score (nSPS) is 11.7. The molecule has 0 aliphatic carbocycles. The van der Waals surface area contributed by atoms with E-state index in [1.807, 2.05) is 13.8 Å². The molecule has 0 unspecified atom stereocenters. The van der Waals surface area contributed by atoms with Crippen LogP contribution in [0.2, 0.25) is 0 Å². The summed E-state index contributed by atoms with van der Waals surface area (Å²) in [5.41, 5.74) is 5.64. The Bertz CT molecular complexity index is 474. The molecule has 0 aliphatic rings. The van der Waals surface area contributed by atoms with Gasteiger partial charge in [-0.15, -0.1) is 0 Å². The fourth-order valence-electron chi connectivity index (χ4n) is 1.43. The molecule has 0 aromatic carbocycles. The van der Waals surface area contributed by atoms with Gasteiger partial charge < -0.3 is 16.4 Å². The molecule has 1 amide bonds. The summed E-state index contributed by atoms with van der Waals surface area (Å²) in [6, 6.07) is 0. The molecular formula is C12H19F3N4OS. The van der Waals surface area contributed by atoms with Gasteiger partial charge >= 0.3 is 6.18 Å². The van der Waals surface area contributed by atoms with Crippen LogP contribution in [0.25, 0.3) is 0 Å². The average Bonchev–Trinajstić information content (AvgIpc) is 2.72. The molecule has 4 N–H and O–H groups in total. The number of carbonyl (C=O) groups is 1. The number of nitrogens with zero attached hydrogens (tertiary/aromatic N) is 1. The van der Waals surface area contributed by atoms with Gasteiger partial charge in [0.25, 0.3) is 5.91 Å². The Morgan fingerprint density at radius 2 is 2.10 bits per heavy atom. The van der Waals surface area contributed by atoms with E-state index < -0.39 is 18.5 Å². The van der Waals surface area contributed by atoms with Crippen molar-refractivity contribution in [2.45, 2.75) is 32.9 Å². The number of hydrogen-bond acceptors (Lipinski definition) is 5. The maximum Gasteiger partial charge on any atom is 0.389 e. The molecule has 1 rings (SSSR count). The molecule has 9 heteroatoms. The zero-order chi connectivity index (χ0) is 16.0. The van der Waals surface area contributed by atoms with Crippen molar-refractivity contribution in [2.75, 3.05) is 24.1 Å². The number of anilines is 2. The second-order valence-corrected chi connectivity index (χ2v) is 5.98. The minimum Gasteiger partial charge on any atom is -0.382 e. The van der Waals surface area contributed by atoms with Crippen molar-refractivity contribution >= 4 is 28.2 Å². The Kier molecular flexibility index (Phi) is 6.25. The Morgan fingerprint density at radius 1 is 1.43 bits per heavy atom. The third-order valence-electron chi connectivity index (χ3n) is 2.44. The van der Waals surface area contributed by atoms with E-state index in [9.17, 15) is 18.0 Å². The van der Waals surface area contributed by atoms with E-state index in [1.165, 1.54) is 0 Å². The Hall–Kier alpha value is -1.51. The summed E-state index contributed by atoms with van der Waals surface area (Å²) >= 11 is 1.09. The van der Waals surface area contributed by atoms with Crippen LogP contribution in [0.1, 0.15) is 36.4 Å². The summed E-state index contributed by atoms with van der Waals surface area (Å²) in [5.74, 6) is -0.000816. The molecule has 0 bridgehead atoms. The second-order valence-electron chi connectivity index (χ2n) is 4.98. The monoisotopic (exact) mass is 324 g/mol. The summed E-state index contributed by atoms with van der Waals surface area (Å²) < 4.78 is 35.9. The van der Waals surface area contributed by atoms with Crippen LogP contribution in [0.15, 0.2) is 0 Å². The van der Waals surface area contributed by atoms with Gasteiger partial charge in [-0.1, -0.05) is 25.2 Å². The molecule has 21 heavy (non-hydrogen) atoms. The number of amides is 1. The average molecular weight is 324 g/mol. The summed E-state index contributed by atoms with van der Waals surface area (Å²) in [6.45, 7) is 4.69. The fraction of sp³-hybridized carbons (Fsp3) is 0.667. The van der Waals surface area contributed by atoms with E-state index in [2.05, 4.69) is 15.6 Å². The Balaban J connectivity index is 2.47. The van der Waals surface area contributed by atoms with Crippen LogP contribution in [0.5, 0.6) is 0 Å². The molecule has 5 nitrogen and oxygen atoms in total. The highest BCUT2D eigenvalue weighted by Crippen LogP contribution is 2.25. The van der Waals surface area contributed by atoms with Gasteiger partial charge in [0.2, 0.25) is 0 Å². The number of nitrogen functional groups attached to an aromatic ring is 1. The number of carbonyl (C=O) groups excluding carboxylic acids is 1. The first-order chi connectivity index (χ1) is 9.69. The van der Waals surface area contributed by atoms with E-state index >= 15 is 0 Å². The van der Waals surface area contributed by atoms with Gasteiger partial charge in [-0.25, -0.2) is 4.98 Å². The summed E-state index contributed by atoms with van der Waals surface area (Å²) in [7, 11) is 0. The van der Waals surface area contributed by atoms with Crippen LogP contribution in [0.4, 0.5) is 24.1 Å². The molecular weight excluding hydrogens is 305 g/mol. The number of thiazole rings is 1. The lowest BCUT2D eigenvalue weighted by atomic mass is 10.2. The third-order valence-corrected chi connectivity index (χ3v) is 3.47. The molecule has 0 saturated heterocycles. The van der Waals surface area contributed by atoms with Crippen LogP contribution in [-0.4, -0.2) is 30.2 Å². The molecule has 0 fully saturated rings. The molecule has 0 atom stereocenters. The fourth-order valence-corrected chi connectivity index (χ4v) is 2.24. The highest BCUT2D eigenvalue weighted by atomic mass is 32.1. The largest absolute Gasteiger partial charge is 0.389 e. The highest BCUT2D eigenvalue weighted by molar-refractivity contribution is 7.18. The quantitative estimate of drug-likeness (QED) is 0.674. The number of hydrogen-bond donors (Lipinski definition) is 3. The maximum absolute atomic E-state index is 12.0. The van der Waals surface area contributed by atoms with Crippen molar-refractivity contribution in [3.8, 4) is 0 Å². The first-order valence-corrected chi connectivity index (χ1v) is 7.36. The van der Waals surface area contributed by atoms with E-state index in [4.69, 9.17) is 5.73 Å². The smallest absolute Gasteiger partial charge is 0.382 e. The van der Waals surface area contributed by atoms with Crippen LogP contribution in [0.3, 0.4) is 0 Å². The van der Waals surface area contributed by atoms with E-state index in [1.54, 1.807) is 0 Å². The van der Waals surface area contributed by atoms with Crippen molar-refractivity contribution in [3.05, 3.63) is 4.88 Å². The molecule has 0 saturated carbocycles. The minimum atomic E-state index is -4.21. The summed E-state index contributed by atoms with van der Waals surface area (Å²) in [6.07, 6.45) is -5.29. The number of nitrogens with two attached hydrogens (primary N) is 1. The lowest BCUT2D eigenvalue weighted by molar-refractivity contribution is -0.135. The van der Waals surface area contributed by atoms with E-state index in [0.717, 1.165) is 11.3 Å². The standard InChI is InChI=1S/C12H19F3N4OS/c1-7(2)6-18-11-19-9(16)8(21-11)10(20)17-5-3-4-12(13,14)15/h7H,3-6,16H2,1-2H3,(H,17,20)(H,18,19). The highest BCUT2D eigenvalue weighted by Gasteiger charge is 2.26. The molecule has 1 aromatic heterocycles. The predicted octanol–water partition coefficient (Wildman–Crippen LogP) is 2.87. The molecule has 0 aliphatic heterocycles. The lowest BCUT2D eigenvalue weighted by Gasteiger charge is -2.06. The number of nitrogens with one attached hydrogen (secondary N) is 2. The molecule has 0 spiro atoms. The van der Waals surface area contributed by atoms with Crippen molar-refractivity contribution in [1.82, 2.24) is 10.3 Å². The van der Waals surface area contributed by atoms with Gasteiger partial charge in [0.05, 0.1) is 0 Å². The van der Waals surface area contributed by atoms with E-state index in [0.29, 0.717) is 17.6 Å². The summed E-state index contributed by atoms with van der Waals surface area (Å²) in [4.78, 5) is 16.0. The Morgan fingerprint density at radius 3 is 2.67 bits per heavy atom. The van der Waals surface area contributed by atoms with Crippen LogP contribution < -0.4 is 16.4 Å². The van der Waals surface area contributed by atoms with Crippen molar-refractivity contribution in [3.63, 3.8) is 0 Å². The number of halogens is 3. The van der Waals surface area contributed by atoms with Gasteiger partial charge in [0, 0.05) is 19.5 Å². The maximum atomic E-state index is 12.0. The second kappa shape index (κ2) is 7.48. The number of rotatable bonds is 7. The zero-order valence-corrected chi connectivity index (χ0v) is 12.7. The topological polar surface area (TPSA) is 80.0 Å². The van der Waals surface area contributed by atoms with Gasteiger partial charge in [-0.05, 0) is 12.3 Å². The molecule has 1 aromatic rings.